The summed E-state index contributed by atoms with van der Waals surface area (Å²) in [5, 5.41) is 11.2. The van der Waals surface area contributed by atoms with Crippen LogP contribution < -0.4 is 16.4 Å². The van der Waals surface area contributed by atoms with Gasteiger partial charge in [0.2, 0.25) is 0 Å². The van der Waals surface area contributed by atoms with Gasteiger partial charge in [-0.3, -0.25) is 4.79 Å². The van der Waals surface area contributed by atoms with Crippen LogP contribution in [0.2, 0.25) is 0 Å². The lowest BCUT2D eigenvalue weighted by atomic mass is 10.1. The zero-order valence-electron chi connectivity index (χ0n) is 18.4. The first kappa shape index (κ1) is 22.7. The number of nitrogens with one attached hydrogen (secondary N) is 2. The van der Waals surface area contributed by atoms with Gasteiger partial charge in [-0.25, -0.2) is 19.6 Å². The molecule has 0 radical (unpaired) electrons. The molecule has 0 bridgehead atoms. The Morgan fingerprint density at radius 3 is 2.66 bits per heavy atom. The summed E-state index contributed by atoms with van der Waals surface area (Å²) < 4.78 is 40.6. The van der Waals surface area contributed by atoms with Crippen LogP contribution in [0.4, 0.5) is 24.8 Å². The number of hydrogen-bond acceptors (Lipinski definition) is 7. The Bertz CT molecular complexity index is 1380. The second kappa shape index (κ2) is 8.95. The van der Waals surface area contributed by atoms with Crippen LogP contribution in [0.15, 0.2) is 48.9 Å². The topological polar surface area (TPSA) is 124 Å². The number of fused-ring (bicyclic) bond motifs is 1. The van der Waals surface area contributed by atoms with Gasteiger partial charge < -0.3 is 16.4 Å². The van der Waals surface area contributed by atoms with Crippen molar-refractivity contribution in [3.8, 4) is 11.3 Å². The van der Waals surface area contributed by atoms with Crippen molar-refractivity contribution < 1.29 is 18.0 Å². The van der Waals surface area contributed by atoms with Crippen LogP contribution in [-0.4, -0.2) is 43.7 Å². The molecule has 4 heterocycles. The molecule has 180 valence electrons. The van der Waals surface area contributed by atoms with Gasteiger partial charge in [0.05, 0.1) is 17.0 Å². The number of aromatic nitrogens is 5. The molecule has 0 spiro atoms. The van der Waals surface area contributed by atoms with Crippen molar-refractivity contribution in [1.29, 1.82) is 0 Å². The molecule has 0 aliphatic carbocycles. The third-order valence-electron chi connectivity index (χ3n) is 5.88. The van der Waals surface area contributed by atoms with Gasteiger partial charge in [-0.2, -0.15) is 18.3 Å². The van der Waals surface area contributed by atoms with Gasteiger partial charge in [-0.1, -0.05) is 12.1 Å². The van der Waals surface area contributed by atoms with Crippen LogP contribution in [0.1, 0.15) is 34.8 Å². The van der Waals surface area contributed by atoms with E-state index in [0.29, 0.717) is 28.1 Å². The minimum atomic E-state index is -4.53. The number of nitrogens with two attached hydrogens (primary N) is 1. The largest absolute Gasteiger partial charge is 0.416 e. The van der Waals surface area contributed by atoms with Crippen LogP contribution in [0.5, 0.6) is 0 Å². The van der Waals surface area contributed by atoms with Gasteiger partial charge in [0.15, 0.2) is 5.65 Å². The summed E-state index contributed by atoms with van der Waals surface area (Å²) in [7, 11) is 0. The van der Waals surface area contributed by atoms with E-state index in [4.69, 9.17) is 10.8 Å². The maximum atomic E-state index is 12.9. The lowest BCUT2D eigenvalue weighted by Gasteiger charge is -2.23. The zero-order chi connectivity index (χ0) is 24.6. The Labute approximate surface area is 197 Å². The predicted octanol–water partition coefficient (Wildman–Crippen LogP) is 3.67. The van der Waals surface area contributed by atoms with E-state index in [-0.39, 0.29) is 17.4 Å². The van der Waals surface area contributed by atoms with Crippen LogP contribution in [0, 0.1) is 0 Å². The molecular formula is C23H21F3N8O. The predicted molar refractivity (Wildman–Crippen MR) is 124 cm³/mol. The van der Waals surface area contributed by atoms with Gasteiger partial charge in [0.25, 0.3) is 5.91 Å². The molecule has 35 heavy (non-hydrogen) atoms. The van der Waals surface area contributed by atoms with Gasteiger partial charge in [-0.05, 0) is 43.7 Å². The van der Waals surface area contributed by atoms with Crippen LogP contribution in [0.3, 0.4) is 0 Å². The number of rotatable bonds is 4. The number of amides is 1. The summed E-state index contributed by atoms with van der Waals surface area (Å²) in [5.41, 5.74) is 7.46. The summed E-state index contributed by atoms with van der Waals surface area (Å²) in [6.07, 6.45) is -0.153. The van der Waals surface area contributed by atoms with E-state index < -0.39 is 17.6 Å². The molecule has 1 amide bonds. The quantitative estimate of drug-likeness (QED) is 0.406. The molecule has 4 aromatic rings. The first-order valence-electron chi connectivity index (χ1n) is 11.0. The number of nitrogens with zero attached hydrogens (tertiary/aromatic N) is 5. The van der Waals surface area contributed by atoms with Crippen molar-refractivity contribution in [2.75, 3.05) is 24.1 Å². The van der Waals surface area contributed by atoms with Gasteiger partial charge in [0.1, 0.15) is 23.7 Å². The highest BCUT2D eigenvalue weighted by atomic mass is 19.4. The maximum Gasteiger partial charge on any atom is 0.416 e. The fourth-order valence-corrected chi connectivity index (χ4v) is 4.14. The average molecular weight is 482 g/mol. The Hall–Kier alpha value is -4.06. The number of pyridine rings is 1. The van der Waals surface area contributed by atoms with Crippen LogP contribution in [0.25, 0.3) is 22.3 Å². The molecule has 1 aliphatic rings. The number of benzene rings is 1. The SMILES string of the molecule is Nc1ncnc2c1c(-c1ccc(C(=O)Nc3cc(C(F)(F)F)ccn3)cc1)nn2C1CCCNC1. The van der Waals surface area contributed by atoms with Crippen LogP contribution in [-0.2, 0) is 6.18 Å². The molecule has 3 aromatic heterocycles. The van der Waals surface area contributed by atoms with Crippen molar-refractivity contribution in [1.82, 2.24) is 30.0 Å². The van der Waals surface area contributed by atoms with Gasteiger partial charge in [0, 0.05) is 23.9 Å². The Morgan fingerprint density at radius 1 is 1.14 bits per heavy atom. The second-order valence-corrected chi connectivity index (χ2v) is 8.21. The van der Waals surface area contributed by atoms with Crippen molar-refractivity contribution in [2.45, 2.75) is 25.1 Å². The number of hydrogen-bond donors (Lipinski definition) is 3. The van der Waals surface area contributed by atoms with E-state index in [2.05, 4.69) is 25.6 Å². The number of carbonyl (C=O) groups is 1. The fourth-order valence-electron chi connectivity index (χ4n) is 4.14. The Kier molecular flexibility index (Phi) is 5.81. The molecule has 12 heteroatoms. The normalized spacial score (nSPS) is 16.4. The third kappa shape index (κ3) is 4.52. The summed E-state index contributed by atoms with van der Waals surface area (Å²) in [5.74, 6) is -0.475. The first-order valence-corrected chi connectivity index (χ1v) is 11.0. The highest BCUT2D eigenvalue weighted by Gasteiger charge is 2.31. The number of piperidine rings is 1. The van der Waals surface area contributed by atoms with Gasteiger partial charge in [-0.15, -0.1) is 0 Å². The van der Waals surface area contributed by atoms with E-state index in [9.17, 15) is 18.0 Å². The Morgan fingerprint density at radius 2 is 1.94 bits per heavy atom. The minimum Gasteiger partial charge on any atom is -0.383 e. The minimum absolute atomic E-state index is 0.124. The molecule has 1 aromatic carbocycles. The summed E-state index contributed by atoms with van der Waals surface area (Å²) in [4.78, 5) is 24.9. The van der Waals surface area contributed by atoms with Crippen molar-refractivity contribution in [3.63, 3.8) is 0 Å². The number of alkyl halides is 3. The monoisotopic (exact) mass is 482 g/mol. The standard InChI is InChI=1S/C23H21F3N8O/c24-23(25,26)15-7-9-29-17(10-15)32-22(35)14-5-3-13(4-6-14)19-18-20(27)30-12-31-21(18)34(33-19)16-2-1-8-28-11-16/h3-7,9-10,12,16,28H,1-2,8,11H2,(H2,27,30,31)(H,29,32,35). The third-order valence-corrected chi connectivity index (χ3v) is 5.88. The molecular weight excluding hydrogens is 461 g/mol. The summed E-state index contributed by atoms with van der Waals surface area (Å²) in [6, 6.07) is 8.27. The van der Waals surface area contributed by atoms with E-state index in [1.54, 1.807) is 24.3 Å². The molecule has 0 saturated carbocycles. The fraction of sp³-hybridized carbons (Fsp3) is 0.261. The van der Waals surface area contributed by atoms with E-state index in [1.165, 1.54) is 6.33 Å². The highest BCUT2D eigenvalue weighted by Crippen LogP contribution is 2.33. The lowest BCUT2D eigenvalue weighted by molar-refractivity contribution is -0.137. The molecule has 1 fully saturated rings. The first-order chi connectivity index (χ1) is 16.8. The number of anilines is 2. The van der Waals surface area contributed by atoms with E-state index in [1.807, 2.05) is 4.68 Å². The number of nitrogen functional groups attached to an aromatic ring is 1. The smallest absolute Gasteiger partial charge is 0.383 e. The Balaban J connectivity index is 1.43. The van der Waals surface area contributed by atoms with Crippen molar-refractivity contribution >= 4 is 28.6 Å². The summed E-state index contributed by atoms with van der Waals surface area (Å²) >= 11 is 0. The molecule has 1 saturated heterocycles. The molecule has 1 unspecified atom stereocenters. The van der Waals surface area contributed by atoms with E-state index in [0.717, 1.165) is 44.3 Å². The molecule has 1 atom stereocenters. The maximum absolute atomic E-state index is 12.9. The average Bonchev–Trinajstić information content (AvgIpc) is 3.25. The zero-order valence-corrected chi connectivity index (χ0v) is 18.4. The molecule has 9 nitrogen and oxygen atoms in total. The van der Waals surface area contributed by atoms with Crippen molar-refractivity contribution in [3.05, 3.63) is 60.0 Å². The van der Waals surface area contributed by atoms with Gasteiger partial charge >= 0.3 is 6.18 Å². The lowest BCUT2D eigenvalue weighted by Crippen LogP contribution is -2.32. The van der Waals surface area contributed by atoms with Crippen molar-refractivity contribution in [2.24, 2.45) is 0 Å². The van der Waals surface area contributed by atoms with E-state index >= 15 is 0 Å². The number of halogens is 3. The highest BCUT2D eigenvalue weighted by molar-refractivity contribution is 6.04. The van der Waals surface area contributed by atoms with Crippen LogP contribution >= 0.6 is 0 Å². The molecule has 1 aliphatic heterocycles. The molecule has 5 rings (SSSR count). The second-order valence-electron chi connectivity index (χ2n) is 8.21. The summed E-state index contributed by atoms with van der Waals surface area (Å²) in [6.45, 7) is 1.72. The molecule has 4 N–H and O–H groups in total. The number of carbonyl (C=O) groups excluding carboxylic acids is 1.